The number of nitrogens with one attached hydrogen (secondary N) is 1. The minimum Gasteiger partial charge on any atom is -0.328 e. The quantitative estimate of drug-likeness (QED) is 0.867. The molecular formula is C12H19N3OS. The molecule has 0 bridgehead atoms. The summed E-state index contributed by atoms with van der Waals surface area (Å²) < 4.78 is 0. The number of rotatable bonds is 3. The van der Waals surface area contributed by atoms with E-state index in [2.05, 4.69) is 17.2 Å². The minimum absolute atomic E-state index is 0.0627. The second-order valence-electron chi connectivity index (χ2n) is 4.60. The van der Waals surface area contributed by atoms with Crippen molar-refractivity contribution in [2.45, 2.75) is 45.1 Å². The fourth-order valence-corrected chi connectivity index (χ4v) is 2.96. The molecule has 0 aromatic carbocycles. The smallest absolute Gasteiger partial charge is 0.229 e. The molecule has 2 rings (SSSR count). The molecule has 2 unspecified atom stereocenters. The van der Waals surface area contributed by atoms with Crippen LogP contribution in [0.4, 0.5) is 5.13 Å². The van der Waals surface area contributed by atoms with Gasteiger partial charge in [-0.05, 0) is 25.7 Å². The van der Waals surface area contributed by atoms with Crippen LogP contribution in [0.1, 0.15) is 37.5 Å². The molecule has 94 valence electrons. The molecule has 4 nitrogen and oxygen atoms in total. The molecule has 0 aliphatic heterocycles. The zero-order valence-corrected chi connectivity index (χ0v) is 10.9. The summed E-state index contributed by atoms with van der Waals surface area (Å²) in [4.78, 5) is 17.4. The maximum atomic E-state index is 12.0. The Morgan fingerprint density at radius 3 is 3.12 bits per heavy atom. The molecule has 1 aromatic heterocycles. The molecule has 1 saturated carbocycles. The van der Waals surface area contributed by atoms with E-state index >= 15 is 0 Å². The molecule has 1 aromatic rings. The largest absolute Gasteiger partial charge is 0.328 e. The Labute approximate surface area is 106 Å². The summed E-state index contributed by atoms with van der Waals surface area (Å²) in [5.41, 5.74) is 5.89. The number of hydrogen-bond donors (Lipinski definition) is 2. The third kappa shape index (κ3) is 3.26. The zero-order valence-electron chi connectivity index (χ0n) is 10.1. The number of aryl methyl sites for hydroxylation is 1. The highest BCUT2D eigenvalue weighted by atomic mass is 32.1. The second-order valence-corrected chi connectivity index (χ2v) is 5.71. The van der Waals surface area contributed by atoms with Crippen molar-refractivity contribution in [2.75, 3.05) is 5.32 Å². The molecule has 5 heteroatoms. The fraction of sp³-hybridized carbons (Fsp3) is 0.667. The first-order valence-electron chi connectivity index (χ1n) is 6.20. The summed E-state index contributed by atoms with van der Waals surface area (Å²) in [6.07, 6.45) is 6.64. The lowest BCUT2D eigenvalue weighted by Crippen LogP contribution is -2.34. The SMILES string of the molecule is CCc1cnc(NC(=O)C2CCCC(N)C2)s1. The normalized spacial score (nSPS) is 24.6. The number of nitrogens with zero attached hydrogens (tertiary/aromatic N) is 1. The maximum absolute atomic E-state index is 12.0. The molecule has 0 saturated heterocycles. The first-order valence-corrected chi connectivity index (χ1v) is 7.02. The number of carbonyl (C=O) groups excluding carboxylic acids is 1. The summed E-state index contributed by atoms with van der Waals surface area (Å²) in [5.74, 6) is 0.143. The number of thiazole rings is 1. The highest BCUT2D eigenvalue weighted by Gasteiger charge is 2.25. The van der Waals surface area contributed by atoms with Gasteiger partial charge in [-0.15, -0.1) is 11.3 Å². The zero-order chi connectivity index (χ0) is 12.3. The van der Waals surface area contributed by atoms with Gasteiger partial charge in [0, 0.05) is 23.0 Å². The molecule has 0 radical (unpaired) electrons. The van der Waals surface area contributed by atoms with E-state index in [4.69, 9.17) is 5.73 Å². The lowest BCUT2D eigenvalue weighted by Gasteiger charge is -2.25. The van der Waals surface area contributed by atoms with Crippen molar-refractivity contribution in [3.8, 4) is 0 Å². The van der Waals surface area contributed by atoms with Gasteiger partial charge in [-0.2, -0.15) is 0 Å². The summed E-state index contributed by atoms with van der Waals surface area (Å²) in [6.45, 7) is 2.08. The lowest BCUT2D eigenvalue weighted by atomic mass is 9.86. The average Bonchev–Trinajstić information content (AvgIpc) is 2.77. The predicted molar refractivity (Wildman–Crippen MR) is 70.1 cm³/mol. The third-order valence-electron chi connectivity index (χ3n) is 3.22. The topological polar surface area (TPSA) is 68.0 Å². The molecule has 1 aliphatic rings. The predicted octanol–water partition coefficient (Wildman–Crippen LogP) is 2.16. The Hall–Kier alpha value is -0.940. The Kier molecular flexibility index (Phi) is 4.12. The van der Waals surface area contributed by atoms with Crippen LogP contribution < -0.4 is 11.1 Å². The number of hydrogen-bond acceptors (Lipinski definition) is 4. The van der Waals surface area contributed by atoms with Gasteiger partial charge < -0.3 is 11.1 Å². The van der Waals surface area contributed by atoms with Crippen molar-refractivity contribution in [3.05, 3.63) is 11.1 Å². The standard InChI is InChI=1S/C12H19N3OS/c1-2-10-7-14-12(17-10)15-11(16)8-4-3-5-9(13)6-8/h7-9H,2-6,13H2,1H3,(H,14,15,16). The lowest BCUT2D eigenvalue weighted by molar-refractivity contribution is -0.120. The van der Waals surface area contributed by atoms with Gasteiger partial charge in [0.25, 0.3) is 0 Å². The maximum Gasteiger partial charge on any atom is 0.229 e. The van der Waals surface area contributed by atoms with E-state index < -0.39 is 0 Å². The van der Waals surface area contributed by atoms with Crippen LogP contribution in [-0.4, -0.2) is 16.9 Å². The number of aromatic nitrogens is 1. The van der Waals surface area contributed by atoms with E-state index in [1.807, 2.05) is 6.20 Å². The van der Waals surface area contributed by atoms with E-state index in [9.17, 15) is 4.79 Å². The van der Waals surface area contributed by atoms with Gasteiger partial charge >= 0.3 is 0 Å². The highest BCUT2D eigenvalue weighted by molar-refractivity contribution is 7.15. The highest BCUT2D eigenvalue weighted by Crippen LogP contribution is 2.25. The summed E-state index contributed by atoms with van der Waals surface area (Å²) in [7, 11) is 0. The summed E-state index contributed by atoms with van der Waals surface area (Å²) in [5, 5.41) is 3.61. The van der Waals surface area contributed by atoms with Crippen molar-refractivity contribution >= 4 is 22.4 Å². The molecule has 1 fully saturated rings. The van der Waals surface area contributed by atoms with E-state index in [0.29, 0.717) is 5.13 Å². The molecule has 3 N–H and O–H groups in total. The first kappa shape index (κ1) is 12.5. The van der Waals surface area contributed by atoms with Crippen LogP contribution in [0.15, 0.2) is 6.20 Å². The third-order valence-corrected chi connectivity index (χ3v) is 4.27. The first-order chi connectivity index (χ1) is 8.19. The van der Waals surface area contributed by atoms with Crippen LogP contribution in [0.25, 0.3) is 0 Å². The monoisotopic (exact) mass is 253 g/mol. The van der Waals surface area contributed by atoms with E-state index in [-0.39, 0.29) is 17.9 Å². The van der Waals surface area contributed by atoms with Crippen LogP contribution in [0.5, 0.6) is 0 Å². The Morgan fingerprint density at radius 1 is 1.65 bits per heavy atom. The molecule has 1 heterocycles. The van der Waals surface area contributed by atoms with Crippen molar-refractivity contribution in [1.82, 2.24) is 4.98 Å². The molecular weight excluding hydrogens is 234 g/mol. The van der Waals surface area contributed by atoms with Crippen LogP contribution in [0.2, 0.25) is 0 Å². The van der Waals surface area contributed by atoms with E-state index in [0.717, 1.165) is 32.1 Å². The van der Waals surface area contributed by atoms with E-state index in [1.165, 1.54) is 4.88 Å². The number of carbonyl (C=O) groups is 1. The van der Waals surface area contributed by atoms with E-state index in [1.54, 1.807) is 11.3 Å². The molecule has 17 heavy (non-hydrogen) atoms. The van der Waals surface area contributed by atoms with Gasteiger partial charge in [0.05, 0.1) is 0 Å². The Morgan fingerprint density at radius 2 is 2.47 bits per heavy atom. The molecule has 1 amide bonds. The van der Waals surface area contributed by atoms with Crippen LogP contribution in [0.3, 0.4) is 0 Å². The van der Waals surface area contributed by atoms with Gasteiger partial charge in [0.1, 0.15) is 0 Å². The molecule has 0 spiro atoms. The fourth-order valence-electron chi connectivity index (χ4n) is 2.20. The number of amides is 1. The van der Waals surface area contributed by atoms with Gasteiger partial charge in [-0.1, -0.05) is 13.3 Å². The summed E-state index contributed by atoms with van der Waals surface area (Å²) in [6, 6.07) is 0.182. The number of anilines is 1. The average molecular weight is 253 g/mol. The van der Waals surface area contributed by atoms with Crippen LogP contribution in [0, 0.1) is 5.92 Å². The summed E-state index contributed by atoms with van der Waals surface area (Å²) >= 11 is 1.55. The van der Waals surface area contributed by atoms with Gasteiger partial charge in [-0.25, -0.2) is 4.98 Å². The van der Waals surface area contributed by atoms with Crippen molar-refractivity contribution in [1.29, 1.82) is 0 Å². The van der Waals surface area contributed by atoms with Crippen molar-refractivity contribution in [3.63, 3.8) is 0 Å². The van der Waals surface area contributed by atoms with Crippen molar-refractivity contribution < 1.29 is 4.79 Å². The van der Waals surface area contributed by atoms with Gasteiger partial charge in [-0.3, -0.25) is 4.79 Å². The Bertz CT molecular complexity index is 391. The second kappa shape index (κ2) is 5.60. The number of nitrogens with two attached hydrogens (primary N) is 1. The van der Waals surface area contributed by atoms with Gasteiger partial charge in [0.2, 0.25) is 5.91 Å². The Balaban J connectivity index is 1.91. The minimum atomic E-state index is 0.0627. The molecule has 1 aliphatic carbocycles. The van der Waals surface area contributed by atoms with Crippen LogP contribution >= 0.6 is 11.3 Å². The molecule has 2 atom stereocenters. The van der Waals surface area contributed by atoms with Gasteiger partial charge in [0.15, 0.2) is 5.13 Å². The van der Waals surface area contributed by atoms with Crippen molar-refractivity contribution in [2.24, 2.45) is 11.7 Å². The van der Waals surface area contributed by atoms with Crippen LogP contribution in [-0.2, 0) is 11.2 Å².